The van der Waals surface area contributed by atoms with E-state index in [9.17, 15) is 0 Å². The first kappa shape index (κ1) is 12.1. The van der Waals surface area contributed by atoms with Gasteiger partial charge in [0.05, 0.1) is 7.11 Å². The number of methoxy groups -OCH3 is 1. The highest BCUT2D eigenvalue weighted by Gasteiger charge is 2.18. The van der Waals surface area contributed by atoms with Crippen LogP contribution in [0.4, 0.5) is 0 Å². The number of aromatic nitrogens is 2. The number of ether oxygens (including phenoxy) is 2. The number of hydrogen-bond donors (Lipinski definition) is 0. The fourth-order valence-corrected chi connectivity index (χ4v) is 1.98. The normalized spacial score (nSPS) is 18.1. The molecule has 0 aliphatic carbocycles. The van der Waals surface area contributed by atoms with Crippen molar-refractivity contribution in [2.75, 3.05) is 27.2 Å². The molecule has 1 fully saturated rings. The van der Waals surface area contributed by atoms with Gasteiger partial charge in [0.1, 0.15) is 6.10 Å². The van der Waals surface area contributed by atoms with Crippen LogP contribution in [0.1, 0.15) is 18.4 Å². The lowest BCUT2D eigenvalue weighted by molar-refractivity contribution is 0.108. The van der Waals surface area contributed by atoms with Crippen molar-refractivity contribution in [3.63, 3.8) is 0 Å². The van der Waals surface area contributed by atoms with Crippen molar-refractivity contribution >= 4 is 0 Å². The third-order valence-electron chi connectivity index (χ3n) is 3.06. The highest BCUT2D eigenvalue weighted by Crippen LogP contribution is 2.20. The molecule has 5 nitrogen and oxygen atoms in total. The summed E-state index contributed by atoms with van der Waals surface area (Å²) in [5, 5.41) is 7.98. The Morgan fingerprint density at radius 3 is 2.59 bits per heavy atom. The molecule has 0 bridgehead atoms. The zero-order valence-corrected chi connectivity index (χ0v) is 10.6. The Balaban J connectivity index is 1.97. The third-order valence-corrected chi connectivity index (χ3v) is 3.06. The summed E-state index contributed by atoms with van der Waals surface area (Å²) in [7, 11) is 3.72. The van der Waals surface area contributed by atoms with Gasteiger partial charge < -0.3 is 14.4 Å². The summed E-state index contributed by atoms with van der Waals surface area (Å²) in [5.41, 5.74) is 0.949. The zero-order chi connectivity index (χ0) is 12.3. The van der Waals surface area contributed by atoms with Gasteiger partial charge in [0.15, 0.2) is 0 Å². The predicted molar refractivity (Wildman–Crippen MR) is 64.5 cm³/mol. The average Bonchev–Trinajstić information content (AvgIpc) is 2.32. The minimum absolute atomic E-state index is 0.258. The van der Waals surface area contributed by atoms with Crippen molar-refractivity contribution in [2.24, 2.45) is 0 Å². The summed E-state index contributed by atoms with van der Waals surface area (Å²) in [5.74, 6) is 1.15. The van der Waals surface area contributed by atoms with E-state index in [1.807, 2.05) is 13.0 Å². The summed E-state index contributed by atoms with van der Waals surface area (Å²) >= 11 is 0. The lowest BCUT2D eigenvalue weighted by Gasteiger charge is -2.28. The Hall–Kier alpha value is -1.36. The van der Waals surface area contributed by atoms with E-state index in [2.05, 4.69) is 22.1 Å². The monoisotopic (exact) mass is 237 g/mol. The standard InChI is InChI=1S/C12H19N3O2/c1-9-8-11(13-14-12(9)16-3)17-10-4-6-15(2)7-5-10/h8,10H,4-7H2,1-3H3. The number of hydrogen-bond acceptors (Lipinski definition) is 5. The van der Waals surface area contributed by atoms with Gasteiger partial charge in [-0.1, -0.05) is 0 Å². The summed E-state index contributed by atoms with van der Waals surface area (Å²) in [6.07, 6.45) is 2.35. The first-order valence-electron chi connectivity index (χ1n) is 5.92. The second-order valence-electron chi connectivity index (χ2n) is 4.50. The van der Waals surface area contributed by atoms with Gasteiger partial charge in [-0.25, -0.2) is 0 Å². The van der Waals surface area contributed by atoms with Crippen molar-refractivity contribution in [2.45, 2.75) is 25.9 Å². The molecule has 0 unspecified atom stereocenters. The Kier molecular flexibility index (Phi) is 3.78. The highest BCUT2D eigenvalue weighted by molar-refractivity contribution is 5.27. The molecule has 5 heteroatoms. The van der Waals surface area contributed by atoms with Gasteiger partial charge in [0.25, 0.3) is 0 Å². The molecular weight excluding hydrogens is 218 g/mol. The van der Waals surface area contributed by atoms with Gasteiger partial charge in [-0.15, -0.1) is 10.2 Å². The molecule has 1 aliphatic heterocycles. The van der Waals surface area contributed by atoms with E-state index >= 15 is 0 Å². The molecule has 94 valence electrons. The van der Waals surface area contributed by atoms with Crippen LogP contribution in [0.3, 0.4) is 0 Å². The van der Waals surface area contributed by atoms with Crippen LogP contribution < -0.4 is 9.47 Å². The molecule has 0 aromatic carbocycles. The van der Waals surface area contributed by atoms with Gasteiger partial charge in [-0.3, -0.25) is 0 Å². The van der Waals surface area contributed by atoms with Crippen LogP contribution in [0.5, 0.6) is 11.8 Å². The topological polar surface area (TPSA) is 47.5 Å². The van der Waals surface area contributed by atoms with Crippen LogP contribution >= 0.6 is 0 Å². The largest absolute Gasteiger partial charge is 0.480 e. The Bertz CT molecular complexity index is 376. The average molecular weight is 237 g/mol. The predicted octanol–water partition coefficient (Wildman–Crippen LogP) is 1.27. The zero-order valence-electron chi connectivity index (χ0n) is 10.6. The summed E-state index contributed by atoms with van der Waals surface area (Å²) in [4.78, 5) is 2.31. The first-order valence-corrected chi connectivity index (χ1v) is 5.92. The molecule has 2 rings (SSSR count). The second kappa shape index (κ2) is 5.31. The van der Waals surface area contributed by atoms with Crippen LogP contribution in [-0.4, -0.2) is 48.4 Å². The van der Waals surface area contributed by atoms with Crippen LogP contribution in [0.25, 0.3) is 0 Å². The molecule has 0 radical (unpaired) electrons. The molecule has 0 N–H and O–H groups in total. The lowest BCUT2D eigenvalue weighted by Crippen LogP contribution is -2.35. The smallest absolute Gasteiger partial charge is 0.236 e. The highest BCUT2D eigenvalue weighted by atomic mass is 16.5. The molecule has 17 heavy (non-hydrogen) atoms. The molecule has 2 heterocycles. The minimum atomic E-state index is 0.258. The van der Waals surface area contributed by atoms with Crippen LogP contribution in [0.15, 0.2) is 6.07 Å². The fourth-order valence-electron chi connectivity index (χ4n) is 1.98. The maximum absolute atomic E-state index is 5.83. The van der Waals surface area contributed by atoms with Crippen LogP contribution in [-0.2, 0) is 0 Å². The number of aryl methyl sites for hydroxylation is 1. The van der Waals surface area contributed by atoms with Gasteiger partial charge in [-0.2, -0.15) is 0 Å². The Morgan fingerprint density at radius 2 is 2.00 bits per heavy atom. The fraction of sp³-hybridized carbons (Fsp3) is 0.667. The summed E-state index contributed by atoms with van der Waals surface area (Å²) in [6, 6.07) is 1.88. The van der Waals surface area contributed by atoms with Crippen LogP contribution in [0.2, 0.25) is 0 Å². The quantitative estimate of drug-likeness (QED) is 0.792. The molecule has 1 aliphatic rings. The third kappa shape index (κ3) is 3.06. The summed E-state index contributed by atoms with van der Waals surface area (Å²) in [6.45, 7) is 4.09. The molecule has 0 saturated carbocycles. The van der Waals surface area contributed by atoms with E-state index in [-0.39, 0.29) is 6.10 Å². The molecule has 1 aromatic heterocycles. The van der Waals surface area contributed by atoms with Crippen molar-refractivity contribution in [1.29, 1.82) is 0 Å². The van der Waals surface area contributed by atoms with Crippen LogP contribution in [0, 0.1) is 6.92 Å². The van der Waals surface area contributed by atoms with Crippen molar-refractivity contribution < 1.29 is 9.47 Å². The van der Waals surface area contributed by atoms with Crippen molar-refractivity contribution in [3.8, 4) is 11.8 Å². The van der Waals surface area contributed by atoms with E-state index in [4.69, 9.17) is 9.47 Å². The number of likely N-dealkylation sites (tertiary alicyclic amines) is 1. The number of nitrogens with zero attached hydrogens (tertiary/aromatic N) is 3. The van der Waals surface area contributed by atoms with Crippen molar-refractivity contribution in [1.82, 2.24) is 15.1 Å². The van der Waals surface area contributed by atoms with Gasteiger partial charge in [0.2, 0.25) is 11.8 Å². The Morgan fingerprint density at radius 1 is 1.29 bits per heavy atom. The maximum atomic E-state index is 5.83. The molecule has 1 saturated heterocycles. The summed E-state index contributed by atoms with van der Waals surface area (Å²) < 4.78 is 10.9. The number of rotatable bonds is 3. The van der Waals surface area contributed by atoms with E-state index in [1.165, 1.54) is 0 Å². The van der Waals surface area contributed by atoms with E-state index in [0.717, 1.165) is 31.5 Å². The SMILES string of the molecule is COc1nnc(OC2CCN(C)CC2)cc1C. The van der Waals surface area contributed by atoms with Crippen molar-refractivity contribution in [3.05, 3.63) is 11.6 Å². The molecule has 0 atom stereocenters. The van der Waals surface area contributed by atoms with E-state index < -0.39 is 0 Å². The molecule has 1 aromatic rings. The molecule has 0 amide bonds. The van der Waals surface area contributed by atoms with Gasteiger partial charge >= 0.3 is 0 Å². The van der Waals surface area contributed by atoms with E-state index in [1.54, 1.807) is 7.11 Å². The minimum Gasteiger partial charge on any atom is -0.480 e. The van der Waals surface area contributed by atoms with Gasteiger partial charge in [0, 0.05) is 24.7 Å². The van der Waals surface area contributed by atoms with Gasteiger partial charge in [-0.05, 0) is 26.8 Å². The van der Waals surface area contributed by atoms with E-state index in [0.29, 0.717) is 11.8 Å². The maximum Gasteiger partial charge on any atom is 0.236 e. The molecule has 0 spiro atoms. The number of piperidine rings is 1. The lowest BCUT2D eigenvalue weighted by atomic mass is 10.1. The molecular formula is C12H19N3O2. The first-order chi connectivity index (χ1) is 8.19. The Labute approximate surface area is 102 Å². The second-order valence-corrected chi connectivity index (χ2v) is 4.50.